The van der Waals surface area contributed by atoms with E-state index in [4.69, 9.17) is 4.74 Å². The number of rotatable bonds is 3. The number of carbonyl (C=O) groups excluding carboxylic acids is 1. The fourth-order valence-electron chi connectivity index (χ4n) is 2.04. The van der Waals surface area contributed by atoms with Crippen LogP contribution in [0, 0.1) is 0 Å². The Hall–Kier alpha value is -1.77. The van der Waals surface area contributed by atoms with Crippen molar-refractivity contribution in [1.82, 2.24) is 0 Å². The van der Waals surface area contributed by atoms with Gasteiger partial charge < -0.3 is 9.64 Å². The van der Waals surface area contributed by atoms with Crippen LogP contribution in [0.4, 0.5) is 5.69 Å². The molecule has 1 aliphatic rings. The summed E-state index contributed by atoms with van der Waals surface area (Å²) in [4.78, 5) is 13.5. The lowest BCUT2D eigenvalue weighted by molar-refractivity contribution is -0.123. The second-order valence-electron chi connectivity index (χ2n) is 4.48. The lowest BCUT2D eigenvalue weighted by Crippen LogP contribution is -2.51. The van der Waals surface area contributed by atoms with Gasteiger partial charge in [0.25, 0.3) is 0 Å². The second-order valence-corrected chi connectivity index (χ2v) is 4.48. The molecular weight excluding hydrogens is 214 g/mol. The summed E-state index contributed by atoms with van der Waals surface area (Å²) < 4.78 is 5.10. The SMILES string of the molecule is COc1ccc(N2C(=O)C[C@@H]2C=C(C)C)cc1. The van der Waals surface area contributed by atoms with Gasteiger partial charge in [0, 0.05) is 5.69 Å². The van der Waals surface area contributed by atoms with Crippen LogP contribution >= 0.6 is 0 Å². The molecule has 0 aliphatic carbocycles. The molecule has 17 heavy (non-hydrogen) atoms. The van der Waals surface area contributed by atoms with Crippen molar-refractivity contribution in [2.45, 2.75) is 26.3 Å². The molecule has 1 heterocycles. The number of benzene rings is 1. The minimum absolute atomic E-state index is 0.178. The summed E-state index contributed by atoms with van der Waals surface area (Å²) in [6, 6.07) is 7.80. The number of methoxy groups -OCH3 is 1. The average molecular weight is 231 g/mol. The molecule has 1 saturated heterocycles. The monoisotopic (exact) mass is 231 g/mol. The summed E-state index contributed by atoms with van der Waals surface area (Å²) >= 11 is 0. The van der Waals surface area contributed by atoms with E-state index in [2.05, 4.69) is 19.9 Å². The average Bonchev–Trinajstić information content (AvgIpc) is 2.28. The molecule has 0 radical (unpaired) electrons. The zero-order chi connectivity index (χ0) is 12.4. The first-order chi connectivity index (χ1) is 8.11. The number of hydrogen-bond donors (Lipinski definition) is 0. The van der Waals surface area contributed by atoms with Gasteiger partial charge in [-0.3, -0.25) is 4.79 Å². The molecular formula is C14H17NO2. The predicted molar refractivity (Wildman–Crippen MR) is 68.3 cm³/mol. The third-order valence-corrected chi connectivity index (χ3v) is 2.86. The van der Waals surface area contributed by atoms with E-state index in [1.165, 1.54) is 5.57 Å². The fourth-order valence-corrected chi connectivity index (χ4v) is 2.04. The van der Waals surface area contributed by atoms with Crippen molar-refractivity contribution in [3.63, 3.8) is 0 Å². The molecule has 0 aromatic heterocycles. The van der Waals surface area contributed by atoms with Crippen LogP contribution in [0.3, 0.4) is 0 Å². The van der Waals surface area contributed by atoms with E-state index in [9.17, 15) is 4.79 Å². The highest BCUT2D eigenvalue weighted by molar-refractivity contribution is 6.01. The van der Waals surface area contributed by atoms with E-state index >= 15 is 0 Å². The second kappa shape index (κ2) is 4.62. The lowest BCUT2D eigenvalue weighted by atomic mass is 9.98. The maximum absolute atomic E-state index is 11.6. The van der Waals surface area contributed by atoms with Gasteiger partial charge >= 0.3 is 0 Å². The molecule has 90 valence electrons. The number of anilines is 1. The maximum atomic E-state index is 11.6. The summed E-state index contributed by atoms with van der Waals surface area (Å²) in [5.74, 6) is 0.984. The number of hydrogen-bond acceptors (Lipinski definition) is 2. The molecule has 0 bridgehead atoms. The molecule has 1 atom stereocenters. The van der Waals surface area contributed by atoms with Gasteiger partial charge in [0.05, 0.1) is 19.6 Å². The van der Waals surface area contributed by atoms with Crippen molar-refractivity contribution in [3.05, 3.63) is 35.9 Å². The summed E-state index contributed by atoms with van der Waals surface area (Å²) in [5, 5.41) is 0. The van der Waals surface area contributed by atoms with Crippen molar-refractivity contribution in [2.24, 2.45) is 0 Å². The first-order valence-corrected chi connectivity index (χ1v) is 5.73. The van der Waals surface area contributed by atoms with Crippen molar-refractivity contribution in [3.8, 4) is 5.75 Å². The van der Waals surface area contributed by atoms with Gasteiger partial charge in [-0.2, -0.15) is 0 Å². The summed E-state index contributed by atoms with van der Waals surface area (Å²) in [6.07, 6.45) is 2.74. The Labute approximate surface area is 102 Å². The molecule has 3 nitrogen and oxygen atoms in total. The summed E-state index contributed by atoms with van der Waals surface area (Å²) in [6.45, 7) is 4.10. The molecule has 3 heteroatoms. The number of amides is 1. The van der Waals surface area contributed by atoms with E-state index < -0.39 is 0 Å². The van der Waals surface area contributed by atoms with Crippen molar-refractivity contribution >= 4 is 11.6 Å². The molecule has 1 aliphatic heterocycles. The van der Waals surface area contributed by atoms with Crippen molar-refractivity contribution in [2.75, 3.05) is 12.0 Å². The molecule has 0 saturated carbocycles. The fraction of sp³-hybridized carbons (Fsp3) is 0.357. The zero-order valence-corrected chi connectivity index (χ0v) is 10.4. The Morgan fingerprint density at radius 2 is 2.00 bits per heavy atom. The molecule has 2 rings (SSSR count). The van der Waals surface area contributed by atoms with Gasteiger partial charge in [-0.15, -0.1) is 0 Å². The van der Waals surface area contributed by atoms with Crippen LogP contribution < -0.4 is 9.64 Å². The van der Waals surface area contributed by atoms with Gasteiger partial charge in [0.2, 0.25) is 5.91 Å². The van der Waals surface area contributed by atoms with Crippen molar-refractivity contribution in [1.29, 1.82) is 0 Å². The van der Waals surface area contributed by atoms with Crippen LogP contribution in [0.5, 0.6) is 5.75 Å². The molecule has 1 amide bonds. The third kappa shape index (κ3) is 2.33. The quantitative estimate of drug-likeness (QED) is 0.591. The van der Waals surface area contributed by atoms with Crippen LogP contribution in [-0.2, 0) is 4.79 Å². The van der Waals surface area contributed by atoms with Crippen LogP contribution in [0.25, 0.3) is 0 Å². The van der Waals surface area contributed by atoms with Gasteiger partial charge in [0.1, 0.15) is 5.75 Å². The van der Waals surface area contributed by atoms with E-state index in [1.54, 1.807) is 7.11 Å². The van der Waals surface area contributed by atoms with E-state index in [1.807, 2.05) is 29.2 Å². The van der Waals surface area contributed by atoms with Gasteiger partial charge in [0.15, 0.2) is 0 Å². The first kappa shape index (κ1) is 11.7. The third-order valence-electron chi connectivity index (χ3n) is 2.86. The number of β-lactam (4-membered cyclic amide) rings is 1. The molecule has 1 aromatic rings. The summed E-state index contributed by atoms with van der Waals surface area (Å²) in [5.41, 5.74) is 2.17. The van der Waals surface area contributed by atoms with Crippen LogP contribution in [0.1, 0.15) is 20.3 Å². The minimum atomic E-state index is 0.178. The van der Waals surface area contributed by atoms with Gasteiger partial charge in [-0.25, -0.2) is 0 Å². The van der Waals surface area contributed by atoms with Gasteiger partial charge in [-0.05, 0) is 38.1 Å². The smallest absolute Gasteiger partial charge is 0.229 e. The highest BCUT2D eigenvalue weighted by Crippen LogP contribution is 2.30. The van der Waals surface area contributed by atoms with E-state index in [0.717, 1.165) is 11.4 Å². The Morgan fingerprint density at radius 1 is 1.35 bits per heavy atom. The number of ether oxygens (including phenoxy) is 1. The van der Waals surface area contributed by atoms with Crippen molar-refractivity contribution < 1.29 is 9.53 Å². The number of nitrogens with zero attached hydrogens (tertiary/aromatic N) is 1. The molecule has 0 spiro atoms. The number of carbonyl (C=O) groups is 1. The number of allylic oxidation sites excluding steroid dienone is 1. The Morgan fingerprint density at radius 3 is 2.47 bits per heavy atom. The predicted octanol–water partition coefficient (Wildman–Crippen LogP) is 2.77. The Bertz CT molecular complexity index is 444. The highest BCUT2D eigenvalue weighted by Gasteiger charge is 2.35. The molecule has 0 N–H and O–H groups in total. The molecule has 1 fully saturated rings. The van der Waals surface area contributed by atoms with Crippen LogP contribution in [0.15, 0.2) is 35.9 Å². The van der Waals surface area contributed by atoms with Crippen LogP contribution in [0.2, 0.25) is 0 Å². The lowest BCUT2D eigenvalue weighted by Gasteiger charge is -2.39. The Kier molecular flexibility index (Phi) is 3.18. The Balaban J connectivity index is 2.19. The highest BCUT2D eigenvalue weighted by atomic mass is 16.5. The minimum Gasteiger partial charge on any atom is -0.497 e. The molecule has 0 unspecified atom stereocenters. The maximum Gasteiger partial charge on any atom is 0.229 e. The standard InChI is InChI=1S/C14H17NO2/c1-10(2)8-12-9-14(16)15(12)11-4-6-13(17-3)7-5-11/h4-8,12H,9H2,1-3H3/t12-/m0/s1. The largest absolute Gasteiger partial charge is 0.497 e. The normalized spacial score (nSPS) is 18.6. The van der Waals surface area contributed by atoms with Gasteiger partial charge in [-0.1, -0.05) is 11.6 Å². The zero-order valence-electron chi connectivity index (χ0n) is 10.4. The topological polar surface area (TPSA) is 29.5 Å². The van der Waals surface area contributed by atoms with E-state index in [-0.39, 0.29) is 11.9 Å². The summed E-state index contributed by atoms with van der Waals surface area (Å²) in [7, 11) is 1.63. The molecule has 1 aromatic carbocycles. The van der Waals surface area contributed by atoms with E-state index in [0.29, 0.717) is 6.42 Å². The first-order valence-electron chi connectivity index (χ1n) is 5.73. The van der Waals surface area contributed by atoms with Crippen LogP contribution in [-0.4, -0.2) is 19.1 Å².